The molecule has 1 aromatic carbocycles. The molecule has 3 heteroatoms. The molecule has 0 aliphatic carbocycles. The number of aryl methyl sites for hydroxylation is 1. The van der Waals surface area contributed by atoms with Crippen molar-refractivity contribution in [2.24, 2.45) is 11.7 Å². The fourth-order valence-corrected chi connectivity index (χ4v) is 2.63. The van der Waals surface area contributed by atoms with Crippen molar-refractivity contribution in [2.45, 2.75) is 45.4 Å². The SMILES string of the molecule is CCC(CC)CC(CN)(C(=O)O)c1cccc(C)c1. The van der Waals surface area contributed by atoms with E-state index in [1.54, 1.807) is 0 Å². The molecule has 0 saturated heterocycles. The molecule has 1 atom stereocenters. The van der Waals surface area contributed by atoms with Gasteiger partial charge in [-0.05, 0) is 24.8 Å². The Morgan fingerprint density at radius 3 is 2.42 bits per heavy atom. The number of hydrogen-bond donors (Lipinski definition) is 2. The van der Waals surface area contributed by atoms with Crippen LogP contribution in [0.4, 0.5) is 0 Å². The highest BCUT2D eigenvalue weighted by Gasteiger charge is 2.40. The molecule has 0 heterocycles. The average molecular weight is 263 g/mol. The lowest BCUT2D eigenvalue weighted by molar-refractivity contribution is -0.144. The Hall–Kier alpha value is -1.35. The van der Waals surface area contributed by atoms with Gasteiger partial charge in [-0.1, -0.05) is 56.5 Å². The Balaban J connectivity index is 3.22. The largest absolute Gasteiger partial charge is 0.481 e. The summed E-state index contributed by atoms with van der Waals surface area (Å²) in [5, 5.41) is 9.73. The van der Waals surface area contributed by atoms with Gasteiger partial charge in [0.1, 0.15) is 5.41 Å². The molecule has 3 N–H and O–H groups in total. The number of aliphatic carboxylic acids is 1. The van der Waals surface area contributed by atoms with Crippen molar-refractivity contribution in [3.8, 4) is 0 Å². The Morgan fingerprint density at radius 1 is 1.37 bits per heavy atom. The van der Waals surface area contributed by atoms with E-state index < -0.39 is 11.4 Å². The van der Waals surface area contributed by atoms with Crippen LogP contribution in [0.3, 0.4) is 0 Å². The van der Waals surface area contributed by atoms with Crippen LogP contribution in [0.2, 0.25) is 0 Å². The van der Waals surface area contributed by atoms with E-state index in [0.717, 1.165) is 24.0 Å². The summed E-state index contributed by atoms with van der Waals surface area (Å²) in [7, 11) is 0. The molecular weight excluding hydrogens is 238 g/mol. The van der Waals surface area contributed by atoms with Crippen LogP contribution in [0.1, 0.15) is 44.2 Å². The first-order chi connectivity index (χ1) is 9.00. The van der Waals surface area contributed by atoms with Crippen LogP contribution >= 0.6 is 0 Å². The summed E-state index contributed by atoms with van der Waals surface area (Å²) < 4.78 is 0. The van der Waals surface area contributed by atoms with Gasteiger partial charge in [0.2, 0.25) is 0 Å². The van der Waals surface area contributed by atoms with Gasteiger partial charge in [-0.15, -0.1) is 0 Å². The van der Waals surface area contributed by atoms with E-state index in [1.807, 2.05) is 31.2 Å². The zero-order chi connectivity index (χ0) is 14.5. The number of rotatable bonds is 7. The zero-order valence-corrected chi connectivity index (χ0v) is 12.1. The molecule has 0 spiro atoms. The van der Waals surface area contributed by atoms with Gasteiger partial charge in [0, 0.05) is 6.54 Å². The van der Waals surface area contributed by atoms with Gasteiger partial charge in [0.25, 0.3) is 0 Å². The van der Waals surface area contributed by atoms with Crippen LogP contribution in [-0.4, -0.2) is 17.6 Å². The van der Waals surface area contributed by atoms with E-state index in [2.05, 4.69) is 13.8 Å². The van der Waals surface area contributed by atoms with Gasteiger partial charge < -0.3 is 10.8 Å². The Morgan fingerprint density at radius 2 is 2.00 bits per heavy atom. The maximum Gasteiger partial charge on any atom is 0.315 e. The number of carboxylic acid groups (broad SMARTS) is 1. The molecule has 3 nitrogen and oxygen atoms in total. The van der Waals surface area contributed by atoms with Crippen molar-refractivity contribution < 1.29 is 9.90 Å². The van der Waals surface area contributed by atoms with Crippen LogP contribution in [0, 0.1) is 12.8 Å². The lowest BCUT2D eigenvalue weighted by Crippen LogP contribution is -2.44. The Bertz CT molecular complexity index is 427. The predicted molar refractivity (Wildman–Crippen MR) is 78.2 cm³/mol. The number of benzene rings is 1. The first-order valence-corrected chi connectivity index (χ1v) is 7.00. The lowest BCUT2D eigenvalue weighted by atomic mass is 9.72. The second kappa shape index (κ2) is 6.71. The maximum atomic E-state index is 11.9. The summed E-state index contributed by atoms with van der Waals surface area (Å²) >= 11 is 0. The predicted octanol–water partition coefficient (Wildman–Crippen LogP) is 3.10. The van der Waals surface area contributed by atoms with Crippen molar-refractivity contribution in [1.29, 1.82) is 0 Å². The molecule has 0 amide bonds. The average Bonchev–Trinajstić information content (AvgIpc) is 2.40. The van der Waals surface area contributed by atoms with E-state index in [1.165, 1.54) is 0 Å². The fraction of sp³-hybridized carbons (Fsp3) is 0.562. The third kappa shape index (κ3) is 3.35. The molecule has 0 radical (unpaired) electrons. The molecule has 0 saturated carbocycles. The van der Waals surface area contributed by atoms with Crippen LogP contribution in [0.15, 0.2) is 24.3 Å². The van der Waals surface area contributed by atoms with Crippen LogP contribution in [0.25, 0.3) is 0 Å². The molecule has 0 aromatic heterocycles. The number of carbonyl (C=O) groups is 1. The second-order valence-electron chi connectivity index (χ2n) is 5.35. The molecule has 1 rings (SSSR count). The minimum Gasteiger partial charge on any atom is -0.481 e. The highest BCUT2D eigenvalue weighted by Crippen LogP contribution is 2.34. The van der Waals surface area contributed by atoms with Crippen molar-refractivity contribution in [3.05, 3.63) is 35.4 Å². The zero-order valence-electron chi connectivity index (χ0n) is 12.1. The van der Waals surface area contributed by atoms with E-state index in [-0.39, 0.29) is 6.54 Å². The number of nitrogens with two attached hydrogens (primary N) is 1. The normalized spacial score (nSPS) is 14.4. The summed E-state index contributed by atoms with van der Waals surface area (Å²) in [6, 6.07) is 7.72. The van der Waals surface area contributed by atoms with Gasteiger partial charge in [0.15, 0.2) is 0 Å². The smallest absolute Gasteiger partial charge is 0.315 e. The highest BCUT2D eigenvalue weighted by molar-refractivity contribution is 5.82. The minimum absolute atomic E-state index is 0.141. The quantitative estimate of drug-likeness (QED) is 0.794. The van der Waals surface area contributed by atoms with Gasteiger partial charge in [0.05, 0.1) is 0 Å². The monoisotopic (exact) mass is 263 g/mol. The second-order valence-corrected chi connectivity index (χ2v) is 5.35. The van der Waals surface area contributed by atoms with Crippen molar-refractivity contribution >= 4 is 5.97 Å². The Kier molecular flexibility index (Phi) is 5.55. The van der Waals surface area contributed by atoms with Crippen LogP contribution < -0.4 is 5.73 Å². The first-order valence-electron chi connectivity index (χ1n) is 7.00. The third-order valence-corrected chi connectivity index (χ3v) is 4.12. The molecule has 19 heavy (non-hydrogen) atoms. The Labute approximate surface area is 115 Å². The van der Waals surface area contributed by atoms with E-state index in [9.17, 15) is 9.90 Å². The van der Waals surface area contributed by atoms with Gasteiger partial charge in [-0.3, -0.25) is 4.79 Å². The lowest BCUT2D eigenvalue weighted by Gasteiger charge is -2.32. The van der Waals surface area contributed by atoms with E-state index in [0.29, 0.717) is 12.3 Å². The molecule has 0 aliphatic rings. The third-order valence-electron chi connectivity index (χ3n) is 4.12. The van der Waals surface area contributed by atoms with Gasteiger partial charge in [-0.25, -0.2) is 0 Å². The molecule has 106 valence electrons. The molecule has 0 fully saturated rings. The summed E-state index contributed by atoms with van der Waals surface area (Å²) in [5.41, 5.74) is 6.81. The molecule has 1 unspecified atom stereocenters. The first kappa shape index (κ1) is 15.7. The summed E-state index contributed by atoms with van der Waals surface area (Å²) in [4.78, 5) is 11.9. The van der Waals surface area contributed by atoms with Gasteiger partial charge >= 0.3 is 5.97 Å². The molecular formula is C16H25NO2. The highest BCUT2D eigenvalue weighted by atomic mass is 16.4. The maximum absolute atomic E-state index is 11.9. The topological polar surface area (TPSA) is 63.3 Å². The number of carboxylic acids is 1. The van der Waals surface area contributed by atoms with E-state index >= 15 is 0 Å². The summed E-state index contributed by atoms with van der Waals surface area (Å²) in [5.74, 6) is -0.423. The standard InChI is InChI=1S/C16H25NO2/c1-4-13(5-2)10-16(11-17,15(18)19)14-8-6-7-12(3)9-14/h6-9,13H,4-5,10-11,17H2,1-3H3,(H,18,19). The number of hydrogen-bond acceptors (Lipinski definition) is 2. The van der Waals surface area contributed by atoms with Crippen molar-refractivity contribution in [1.82, 2.24) is 0 Å². The molecule has 0 aliphatic heterocycles. The summed E-state index contributed by atoms with van der Waals surface area (Å²) in [6.45, 7) is 6.33. The van der Waals surface area contributed by atoms with Crippen molar-refractivity contribution in [3.63, 3.8) is 0 Å². The molecule has 1 aromatic rings. The minimum atomic E-state index is -0.956. The molecule has 0 bridgehead atoms. The van der Waals surface area contributed by atoms with Crippen molar-refractivity contribution in [2.75, 3.05) is 6.54 Å². The van der Waals surface area contributed by atoms with Crippen LogP contribution in [-0.2, 0) is 10.2 Å². The summed E-state index contributed by atoms with van der Waals surface area (Å²) in [6.07, 6.45) is 2.57. The van der Waals surface area contributed by atoms with Gasteiger partial charge in [-0.2, -0.15) is 0 Å². The van der Waals surface area contributed by atoms with Crippen LogP contribution in [0.5, 0.6) is 0 Å². The van der Waals surface area contributed by atoms with E-state index in [4.69, 9.17) is 5.73 Å². The fourth-order valence-electron chi connectivity index (χ4n) is 2.63.